The Morgan fingerprint density at radius 3 is 2.11 bits per heavy atom. The zero-order valence-electron chi connectivity index (χ0n) is 30.7. The molecule has 0 aromatic rings. The van der Waals surface area contributed by atoms with E-state index in [1.807, 2.05) is 0 Å². The topological polar surface area (TPSA) is 99.4 Å². The lowest BCUT2D eigenvalue weighted by molar-refractivity contribution is -0.246. The van der Waals surface area contributed by atoms with Gasteiger partial charge in [0.05, 0.1) is 11.5 Å². The van der Waals surface area contributed by atoms with Gasteiger partial charge in [0.1, 0.15) is 0 Å². The number of nitrogens with one attached hydrogen (secondary N) is 3. The first-order chi connectivity index (χ1) is 21.8. The summed E-state index contributed by atoms with van der Waals surface area (Å²) in [6.07, 6.45) is 15.7. The molecule has 5 aliphatic carbocycles. The molecule has 6 N–H and O–H groups in total. The number of hydrogen-bond donors (Lipinski definition) is 5. The number of unbranched alkanes of at least 4 members (excludes halogenated alkanes) is 1. The highest BCUT2D eigenvalue weighted by Gasteiger charge is 2.71. The largest absolute Gasteiger partial charge is 0.393 e. The van der Waals surface area contributed by atoms with Crippen LogP contribution in [0.25, 0.3) is 0 Å². The van der Waals surface area contributed by atoms with Crippen LogP contribution in [0.2, 0.25) is 0 Å². The van der Waals surface area contributed by atoms with Gasteiger partial charge in [-0.1, -0.05) is 46.8 Å². The third-order valence-electron chi connectivity index (χ3n) is 15.8. The van der Waals surface area contributed by atoms with Gasteiger partial charge in [-0.3, -0.25) is 4.79 Å². The predicted octanol–water partition coefficient (Wildman–Crippen LogP) is 6.82. The Kier molecular flexibility index (Phi) is 11.1. The molecule has 6 heteroatoms. The highest BCUT2D eigenvalue weighted by atomic mass is 16.3. The second kappa shape index (κ2) is 14.1. The van der Waals surface area contributed by atoms with Crippen molar-refractivity contribution in [3.8, 4) is 0 Å². The van der Waals surface area contributed by atoms with E-state index in [0.717, 1.165) is 84.2 Å². The lowest BCUT2D eigenvalue weighted by Gasteiger charge is -2.72. The Labute approximate surface area is 282 Å². The molecule has 5 saturated carbocycles. The smallest absolute Gasteiger partial charge is 0.226 e. The van der Waals surface area contributed by atoms with Crippen LogP contribution in [-0.4, -0.2) is 56.4 Å². The van der Waals surface area contributed by atoms with Crippen molar-refractivity contribution in [1.29, 1.82) is 0 Å². The standard InChI is InChI=1S/C40H72N4O2/c1-28(2)29-14-19-40(35(46)44-27-11-26-43-24-9-8-23-42-25-10-22-41)21-20-38(6)30(34(29)40)12-13-32-37(5)17-16-33(45)36(3,4)31(37)15-18-39(32,38)7/h29-34,42-43,45H,1,8-27,41H2,2-7H3,(H,44,46)/t29-,30+,31-,32+,33-,34+,37-,38+,39+,40-/m0/s1. The molecule has 10 atom stereocenters. The second-order valence-corrected chi connectivity index (χ2v) is 18.2. The van der Waals surface area contributed by atoms with Gasteiger partial charge in [-0.25, -0.2) is 0 Å². The molecule has 5 rings (SSSR count). The van der Waals surface area contributed by atoms with Gasteiger partial charge in [-0.15, -0.1) is 0 Å². The van der Waals surface area contributed by atoms with Crippen LogP contribution in [0, 0.1) is 56.7 Å². The second-order valence-electron chi connectivity index (χ2n) is 18.2. The van der Waals surface area contributed by atoms with Gasteiger partial charge in [-0.2, -0.15) is 0 Å². The summed E-state index contributed by atoms with van der Waals surface area (Å²) in [6, 6.07) is 0. The van der Waals surface area contributed by atoms with E-state index >= 15 is 0 Å². The molecule has 264 valence electrons. The number of allylic oxidation sites excluding steroid dienone is 1. The summed E-state index contributed by atoms with van der Waals surface area (Å²) < 4.78 is 0. The van der Waals surface area contributed by atoms with Gasteiger partial charge in [0.2, 0.25) is 5.91 Å². The molecule has 0 heterocycles. The fraction of sp³-hybridized carbons (Fsp3) is 0.925. The number of hydrogen-bond acceptors (Lipinski definition) is 5. The van der Waals surface area contributed by atoms with Crippen LogP contribution in [0.5, 0.6) is 0 Å². The van der Waals surface area contributed by atoms with Crippen molar-refractivity contribution < 1.29 is 9.90 Å². The number of aliphatic hydroxyl groups is 1. The molecular formula is C40H72N4O2. The van der Waals surface area contributed by atoms with E-state index in [-0.39, 0.29) is 33.2 Å². The monoisotopic (exact) mass is 641 g/mol. The van der Waals surface area contributed by atoms with Crippen molar-refractivity contribution in [1.82, 2.24) is 16.0 Å². The first-order valence-electron chi connectivity index (χ1n) is 19.5. The molecule has 1 amide bonds. The van der Waals surface area contributed by atoms with Crippen LogP contribution < -0.4 is 21.7 Å². The summed E-state index contributed by atoms with van der Waals surface area (Å²) in [5.41, 5.74) is 7.40. The fourth-order valence-corrected chi connectivity index (χ4v) is 13.1. The van der Waals surface area contributed by atoms with Crippen molar-refractivity contribution in [3.05, 3.63) is 12.2 Å². The molecule has 0 bridgehead atoms. The van der Waals surface area contributed by atoms with Gasteiger partial charge in [-0.05, 0) is 181 Å². The third kappa shape index (κ3) is 6.06. The summed E-state index contributed by atoms with van der Waals surface area (Å²) >= 11 is 0. The number of fused-ring (bicyclic) bond motifs is 7. The average Bonchev–Trinajstić information content (AvgIpc) is 3.41. The number of nitrogens with two attached hydrogens (primary N) is 1. The summed E-state index contributed by atoms with van der Waals surface area (Å²) in [6.45, 7) is 25.0. The Morgan fingerprint density at radius 2 is 1.43 bits per heavy atom. The number of carbonyl (C=O) groups excluding carboxylic acids is 1. The van der Waals surface area contributed by atoms with Crippen molar-refractivity contribution in [2.45, 2.75) is 138 Å². The van der Waals surface area contributed by atoms with Crippen LogP contribution in [0.1, 0.15) is 131 Å². The van der Waals surface area contributed by atoms with Crippen LogP contribution >= 0.6 is 0 Å². The molecule has 46 heavy (non-hydrogen) atoms. The minimum atomic E-state index is -0.237. The quantitative estimate of drug-likeness (QED) is 0.106. The van der Waals surface area contributed by atoms with E-state index in [1.165, 1.54) is 50.5 Å². The fourth-order valence-electron chi connectivity index (χ4n) is 13.1. The van der Waals surface area contributed by atoms with Gasteiger partial charge in [0, 0.05) is 6.54 Å². The summed E-state index contributed by atoms with van der Waals surface area (Å²) in [4.78, 5) is 14.3. The Balaban J connectivity index is 1.23. The van der Waals surface area contributed by atoms with Gasteiger partial charge >= 0.3 is 0 Å². The number of rotatable bonds is 14. The molecule has 5 aliphatic rings. The van der Waals surface area contributed by atoms with Crippen LogP contribution in [0.15, 0.2) is 12.2 Å². The van der Waals surface area contributed by atoms with Crippen LogP contribution in [-0.2, 0) is 4.79 Å². The van der Waals surface area contributed by atoms with E-state index < -0.39 is 0 Å². The maximum absolute atomic E-state index is 14.3. The van der Waals surface area contributed by atoms with E-state index in [2.05, 4.69) is 64.1 Å². The molecule has 5 fully saturated rings. The minimum absolute atomic E-state index is 0.0141. The van der Waals surface area contributed by atoms with Gasteiger partial charge in [0.25, 0.3) is 0 Å². The van der Waals surface area contributed by atoms with E-state index in [4.69, 9.17) is 5.73 Å². The molecule has 0 saturated heterocycles. The zero-order valence-corrected chi connectivity index (χ0v) is 30.7. The minimum Gasteiger partial charge on any atom is -0.393 e. The average molecular weight is 641 g/mol. The van der Waals surface area contributed by atoms with Crippen LogP contribution in [0.4, 0.5) is 0 Å². The maximum Gasteiger partial charge on any atom is 0.226 e. The number of aliphatic hydroxyl groups excluding tert-OH is 1. The van der Waals surface area contributed by atoms with Crippen molar-refractivity contribution in [2.75, 3.05) is 39.3 Å². The molecule has 0 aliphatic heterocycles. The lowest BCUT2D eigenvalue weighted by Crippen LogP contribution is -2.67. The van der Waals surface area contributed by atoms with E-state index in [0.29, 0.717) is 35.5 Å². The van der Waals surface area contributed by atoms with Gasteiger partial charge < -0.3 is 26.8 Å². The van der Waals surface area contributed by atoms with E-state index in [9.17, 15) is 9.90 Å². The van der Waals surface area contributed by atoms with Gasteiger partial charge in [0.15, 0.2) is 0 Å². The molecule has 0 aromatic carbocycles. The molecular weight excluding hydrogens is 568 g/mol. The van der Waals surface area contributed by atoms with Crippen molar-refractivity contribution >= 4 is 5.91 Å². The third-order valence-corrected chi connectivity index (χ3v) is 15.8. The SMILES string of the molecule is C=C(C)[C@@H]1CC[C@]2(C(=O)NCCCNCCCCNCCCN)CC[C@]3(C)[C@H](CC[C@@H]4[C@@]5(C)CC[C@H](O)C(C)(C)[C@@H]5CC[C@]43C)[C@@H]12. The first-order valence-corrected chi connectivity index (χ1v) is 19.5. The molecule has 0 radical (unpaired) electrons. The van der Waals surface area contributed by atoms with Crippen molar-refractivity contribution in [3.63, 3.8) is 0 Å². The van der Waals surface area contributed by atoms with Crippen LogP contribution in [0.3, 0.4) is 0 Å². The highest BCUT2D eigenvalue weighted by molar-refractivity contribution is 5.83. The summed E-state index contributed by atoms with van der Waals surface area (Å²) in [5.74, 6) is 3.07. The summed E-state index contributed by atoms with van der Waals surface area (Å²) in [5, 5.41) is 21.6. The molecule has 6 nitrogen and oxygen atoms in total. The lowest BCUT2D eigenvalue weighted by atomic mass is 9.32. The maximum atomic E-state index is 14.3. The first kappa shape index (κ1) is 36.3. The Morgan fingerprint density at radius 1 is 0.761 bits per heavy atom. The normalized spacial score (nSPS) is 42.8. The number of carbonyl (C=O) groups is 1. The predicted molar refractivity (Wildman–Crippen MR) is 191 cm³/mol. The summed E-state index contributed by atoms with van der Waals surface area (Å²) in [7, 11) is 0. The number of amides is 1. The zero-order chi connectivity index (χ0) is 33.4. The molecule has 0 spiro atoms. The Hall–Kier alpha value is -0.950. The van der Waals surface area contributed by atoms with E-state index in [1.54, 1.807) is 0 Å². The molecule has 0 unspecified atom stereocenters. The molecule has 0 aromatic heterocycles. The Bertz CT molecular complexity index is 1080. The van der Waals surface area contributed by atoms with Crippen molar-refractivity contribution in [2.24, 2.45) is 62.4 Å². The highest BCUT2D eigenvalue weighted by Crippen LogP contribution is 2.77.